The molecule has 0 amide bonds. The zero-order chi connectivity index (χ0) is 15.3. The van der Waals surface area contributed by atoms with Crippen molar-refractivity contribution < 1.29 is 0 Å². The number of halogens is 1. The smallest absolute Gasteiger partial charge is 0.193 e. The molecule has 1 saturated carbocycles. The van der Waals surface area contributed by atoms with E-state index in [1.807, 2.05) is 0 Å². The molecule has 0 aromatic heterocycles. The van der Waals surface area contributed by atoms with E-state index in [9.17, 15) is 0 Å². The van der Waals surface area contributed by atoms with Gasteiger partial charge < -0.3 is 10.2 Å². The molecule has 1 heterocycles. The first-order valence-electron chi connectivity index (χ1n) is 8.87. The fraction of sp³-hybridized carbons (Fsp3) is 0.941. The standard InChI is InChI=1S/C17H34N4.HI/c1-5-18-16(19-11-13-20(6-2)15(3)4)21-12-10-17(14-21)8-7-9-17;/h15H,5-14H2,1-4H3,(H,18,19);1H. The molecule has 0 atom stereocenters. The SMILES string of the molecule is CCNC(=NCCN(CC)C(C)C)N1CCC2(CCC2)C1.I. The minimum absolute atomic E-state index is 0. The molecule has 1 N–H and O–H groups in total. The average Bonchev–Trinajstić information content (AvgIpc) is 2.87. The second kappa shape index (κ2) is 9.30. The summed E-state index contributed by atoms with van der Waals surface area (Å²) >= 11 is 0. The lowest BCUT2D eigenvalue weighted by Gasteiger charge is -2.38. The van der Waals surface area contributed by atoms with E-state index in [4.69, 9.17) is 4.99 Å². The van der Waals surface area contributed by atoms with Gasteiger partial charge in [0.25, 0.3) is 0 Å². The quantitative estimate of drug-likeness (QED) is 0.405. The zero-order valence-electron chi connectivity index (χ0n) is 14.9. The summed E-state index contributed by atoms with van der Waals surface area (Å²) in [6.07, 6.45) is 5.66. The Bertz CT molecular complexity index is 353. The molecule has 0 aromatic rings. The fourth-order valence-corrected chi connectivity index (χ4v) is 3.69. The minimum Gasteiger partial charge on any atom is -0.357 e. The van der Waals surface area contributed by atoms with E-state index < -0.39 is 0 Å². The van der Waals surface area contributed by atoms with Gasteiger partial charge in [-0.15, -0.1) is 24.0 Å². The van der Waals surface area contributed by atoms with Gasteiger partial charge >= 0.3 is 0 Å². The molecule has 2 fully saturated rings. The number of guanidine groups is 1. The molecule has 1 aliphatic heterocycles. The van der Waals surface area contributed by atoms with Crippen molar-refractivity contribution in [1.82, 2.24) is 15.1 Å². The van der Waals surface area contributed by atoms with E-state index in [1.54, 1.807) is 0 Å². The number of likely N-dealkylation sites (tertiary alicyclic amines) is 1. The van der Waals surface area contributed by atoms with E-state index in [0.29, 0.717) is 11.5 Å². The third-order valence-electron chi connectivity index (χ3n) is 5.27. The first kappa shape index (κ1) is 20.0. The summed E-state index contributed by atoms with van der Waals surface area (Å²) in [5.74, 6) is 1.14. The molecule has 2 aliphatic rings. The lowest BCUT2D eigenvalue weighted by atomic mass is 9.68. The van der Waals surface area contributed by atoms with Crippen molar-refractivity contribution in [2.24, 2.45) is 10.4 Å². The lowest BCUT2D eigenvalue weighted by molar-refractivity contribution is 0.151. The summed E-state index contributed by atoms with van der Waals surface area (Å²) < 4.78 is 0. The van der Waals surface area contributed by atoms with Crippen molar-refractivity contribution in [3.63, 3.8) is 0 Å². The Hall–Kier alpha value is -0.0400. The second-order valence-corrected chi connectivity index (χ2v) is 6.98. The summed E-state index contributed by atoms with van der Waals surface area (Å²) in [5.41, 5.74) is 0.642. The lowest BCUT2D eigenvalue weighted by Crippen LogP contribution is -2.43. The van der Waals surface area contributed by atoms with Gasteiger partial charge in [-0.2, -0.15) is 0 Å². The molecule has 2 rings (SSSR count). The molecule has 130 valence electrons. The van der Waals surface area contributed by atoms with E-state index in [-0.39, 0.29) is 24.0 Å². The molecule has 0 unspecified atom stereocenters. The number of hydrogen-bond donors (Lipinski definition) is 1. The molecule has 5 heteroatoms. The van der Waals surface area contributed by atoms with Crippen LogP contribution in [0.5, 0.6) is 0 Å². The van der Waals surface area contributed by atoms with Gasteiger partial charge in [-0.05, 0) is 52.0 Å². The third kappa shape index (κ3) is 4.98. The summed E-state index contributed by atoms with van der Waals surface area (Å²) in [5, 5.41) is 3.49. The Kier molecular flexibility index (Phi) is 8.46. The predicted octanol–water partition coefficient (Wildman–Crippen LogP) is 3.18. The minimum atomic E-state index is 0. The number of nitrogens with zero attached hydrogens (tertiary/aromatic N) is 3. The Labute approximate surface area is 154 Å². The Morgan fingerprint density at radius 2 is 2.00 bits per heavy atom. The van der Waals surface area contributed by atoms with Gasteiger partial charge in [0.05, 0.1) is 6.54 Å². The summed E-state index contributed by atoms with van der Waals surface area (Å²) in [4.78, 5) is 9.85. The summed E-state index contributed by atoms with van der Waals surface area (Å²) in [6.45, 7) is 15.4. The maximum absolute atomic E-state index is 4.88. The maximum atomic E-state index is 4.88. The summed E-state index contributed by atoms with van der Waals surface area (Å²) in [7, 11) is 0. The van der Waals surface area contributed by atoms with Crippen molar-refractivity contribution in [3.05, 3.63) is 0 Å². The number of hydrogen-bond acceptors (Lipinski definition) is 2. The average molecular weight is 422 g/mol. The van der Waals surface area contributed by atoms with Gasteiger partial charge in [0.2, 0.25) is 0 Å². The van der Waals surface area contributed by atoms with Crippen LogP contribution in [0.1, 0.15) is 53.4 Å². The van der Waals surface area contributed by atoms with E-state index >= 15 is 0 Å². The van der Waals surface area contributed by atoms with Crippen LogP contribution in [0, 0.1) is 5.41 Å². The van der Waals surface area contributed by atoms with Crippen LogP contribution in [0.15, 0.2) is 4.99 Å². The van der Waals surface area contributed by atoms with Crippen molar-refractivity contribution in [2.45, 2.75) is 59.4 Å². The molecule has 0 bridgehead atoms. The van der Waals surface area contributed by atoms with Crippen LogP contribution >= 0.6 is 24.0 Å². The molecule has 4 nitrogen and oxygen atoms in total. The number of nitrogens with one attached hydrogen (secondary N) is 1. The highest BCUT2D eigenvalue weighted by Gasteiger charge is 2.43. The van der Waals surface area contributed by atoms with E-state index in [1.165, 1.54) is 38.8 Å². The second-order valence-electron chi connectivity index (χ2n) is 6.98. The molecule has 1 spiro atoms. The van der Waals surface area contributed by atoms with Crippen LogP contribution in [0.25, 0.3) is 0 Å². The van der Waals surface area contributed by atoms with E-state index in [2.05, 4.69) is 42.8 Å². The molecular weight excluding hydrogens is 387 g/mol. The van der Waals surface area contributed by atoms with Crippen LogP contribution < -0.4 is 5.32 Å². The van der Waals surface area contributed by atoms with Crippen molar-refractivity contribution in [1.29, 1.82) is 0 Å². The number of aliphatic imine (C=N–C) groups is 1. The predicted molar refractivity (Wildman–Crippen MR) is 106 cm³/mol. The monoisotopic (exact) mass is 422 g/mol. The molecule has 0 aromatic carbocycles. The molecule has 1 saturated heterocycles. The Morgan fingerprint density at radius 3 is 2.45 bits per heavy atom. The highest BCUT2D eigenvalue weighted by Crippen LogP contribution is 2.47. The Morgan fingerprint density at radius 1 is 1.27 bits per heavy atom. The first-order chi connectivity index (χ1) is 10.1. The third-order valence-corrected chi connectivity index (χ3v) is 5.27. The number of rotatable bonds is 6. The van der Waals surface area contributed by atoms with Gasteiger partial charge in [0.15, 0.2) is 5.96 Å². The number of likely N-dealkylation sites (N-methyl/N-ethyl adjacent to an activating group) is 1. The van der Waals surface area contributed by atoms with Gasteiger partial charge in [0.1, 0.15) is 0 Å². The van der Waals surface area contributed by atoms with Gasteiger partial charge in [0, 0.05) is 32.2 Å². The van der Waals surface area contributed by atoms with Crippen molar-refractivity contribution >= 4 is 29.9 Å². The van der Waals surface area contributed by atoms with Crippen LogP contribution in [-0.4, -0.2) is 61.1 Å². The van der Waals surface area contributed by atoms with Crippen LogP contribution in [0.2, 0.25) is 0 Å². The van der Waals surface area contributed by atoms with Gasteiger partial charge in [-0.1, -0.05) is 13.3 Å². The first-order valence-corrected chi connectivity index (χ1v) is 8.87. The van der Waals surface area contributed by atoms with Crippen LogP contribution in [0.3, 0.4) is 0 Å². The van der Waals surface area contributed by atoms with Crippen LogP contribution in [0.4, 0.5) is 0 Å². The van der Waals surface area contributed by atoms with Crippen molar-refractivity contribution in [2.75, 3.05) is 39.3 Å². The Balaban J connectivity index is 0.00000242. The molecule has 0 radical (unpaired) electrons. The topological polar surface area (TPSA) is 30.9 Å². The summed E-state index contributed by atoms with van der Waals surface area (Å²) in [6, 6.07) is 0.609. The van der Waals surface area contributed by atoms with E-state index in [0.717, 1.165) is 32.1 Å². The molecular formula is C17H35IN4. The largest absolute Gasteiger partial charge is 0.357 e. The molecule has 1 aliphatic carbocycles. The normalized spacial score (nSPS) is 20.5. The zero-order valence-corrected chi connectivity index (χ0v) is 17.2. The van der Waals surface area contributed by atoms with Gasteiger partial charge in [-0.25, -0.2) is 0 Å². The van der Waals surface area contributed by atoms with Crippen molar-refractivity contribution in [3.8, 4) is 0 Å². The fourth-order valence-electron chi connectivity index (χ4n) is 3.69. The maximum Gasteiger partial charge on any atom is 0.193 e. The molecule has 22 heavy (non-hydrogen) atoms. The highest BCUT2D eigenvalue weighted by molar-refractivity contribution is 14.0. The van der Waals surface area contributed by atoms with Crippen LogP contribution in [-0.2, 0) is 0 Å². The van der Waals surface area contributed by atoms with Gasteiger partial charge in [-0.3, -0.25) is 9.89 Å². The highest BCUT2D eigenvalue weighted by atomic mass is 127.